The highest BCUT2D eigenvalue weighted by atomic mass is 32.1. The zero-order valence-electron chi connectivity index (χ0n) is 7.51. The van der Waals surface area contributed by atoms with Crippen LogP contribution < -0.4 is 11.1 Å². The monoisotopic (exact) mass is 220 g/mol. The molecule has 0 bridgehead atoms. The average molecular weight is 220 g/mol. The van der Waals surface area contributed by atoms with Crippen LogP contribution in [0.5, 0.6) is 0 Å². The van der Waals surface area contributed by atoms with Crippen molar-refractivity contribution in [1.82, 2.24) is 5.32 Å². The van der Waals surface area contributed by atoms with Crippen molar-refractivity contribution in [3.05, 3.63) is 15.8 Å². The van der Waals surface area contributed by atoms with Gasteiger partial charge in [0.05, 0.1) is 11.4 Å². The van der Waals surface area contributed by atoms with E-state index in [2.05, 4.69) is 5.32 Å². The average Bonchev–Trinajstić information content (AvgIpc) is 2.43. The molecule has 0 fully saturated rings. The van der Waals surface area contributed by atoms with Crippen molar-refractivity contribution >= 4 is 22.9 Å². The lowest BCUT2D eigenvalue weighted by molar-refractivity contribution is 0.0895. The lowest BCUT2D eigenvalue weighted by Gasteiger charge is -2.00. The van der Waals surface area contributed by atoms with Crippen molar-refractivity contribution in [1.29, 1.82) is 0 Å². The van der Waals surface area contributed by atoms with Crippen LogP contribution in [0.2, 0.25) is 0 Å². The number of thiophene rings is 1. The second-order valence-electron chi connectivity index (χ2n) is 2.72. The molecule has 0 saturated heterocycles. The number of nitrogen functional groups attached to an aromatic ring is 1. The summed E-state index contributed by atoms with van der Waals surface area (Å²) in [5, 5.41) is 2.10. The first-order chi connectivity index (χ1) is 6.50. The van der Waals surface area contributed by atoms with E-state index < -0.39 is 18.9 Å². The number of carbonyl (C=O) groups is 1. The third-order valence-corrected chi connectivity index (χ3v) is 2.66. The minimum atomic E-state index is -2.53. The number of anilines is 1. The quantitative estimate of drug-likeness (QED) is 0.813. The van der Waals surface area contributed by atoms with E-state index in [4.69, 9.17) is 5.73 Å². The molecule has 1 aromatic rings. The van der Waals surface area contributed by atoms with Crippen LogP contribution in [-0.2, 0) is 0 Å². The van der Waals surface area contributed by atoms with Crippen LogP contribution in [0.1, 0.15) is 14.5 Å². The summed E-state index contributed by atoms with van der Waals surface area (Å²) < 4.78 is 23.5. The van der Waals surface area contributed by atoms with Crippen LogP contribution >= 0.6 is 11.3 Å². The van der Waals surface area contributed by atoms with Gasteiger partial charge >= 0.3 is 0 Å². The third kappa shape index (κ3) is 2.66. The number of nitrogens with two attached hydrogens (primary N) is 1. The van der Waals surface area contributed by atoms with Gasteiger partial charge in [0, 0.05) is 10.6 Å². The van der Waals surface area contributed by atoms with Crippen LogP contribution in [-0.4, -0.2) is 18.9 Å². The van der Waals surface area contributed by atoms with E-state index in [0.717, 1.165) is 4.88 Å². The molecule has 0 aliphatic heterocycles. The maximum atomic E-state index is 11.8. The van der Waals surface area contributed by atoms with Crippen molar-refractivity contribution in [2.24, 2.45) is 0 Å². The minimum absolute atomic E-state index is 0.362. The van der Waals surface area contributed by atoms with Crippen LogP contribution in [0.3, 0.4) is 0 Å². The Morgan fingerprint density at radius 2 is 2.36 bits per heavy atom. The standard InChI is InChI=1S/C8H10F2N2OS/c1-4-5(11)2-6(14-4)8(13)12-3-7(9)10/h2,7H,3,11H2,1H3,(H,12,13). The highest BCUT2D eigenvalue weighted by Crippen LogP contribution is 2.22. The summed E-state index contributed by atoms with van der Waals surface area (Å²) in [6.45, 7) is 1.14. The molecule has 1 aromatic heterocycles. The Labute approximate surface area is 83.9 Å². The van der Waals surface area contributed by atoms with E-state index in [9.17, 15) is 13.6 Å². The number of carbonyl (C=O) groups excluding carboxylic acids is 1. The third-order valence-electron chi connectivity index (χ3n) is 1.60. The summed E-state index contributed by atoms with van der Waals surface area (Å²) in [5.74, 6) is -0.505. The predicted molar refractivity (Wildman–Crippen MR) is 51.8 cm³/mol. The summed E-state index contributed by atoms with van der Waals surface area (Å²) in [5.41, 5.74) is 6.03. The maximum Gasteiger partial charge on any atom is 0.261 e. The molecular weight excluding hydrogens is 210 g/mol. The number of rotatable bonds is 3. The molecule has 3 N–H and O–H groups in total. The molecule has 0 atom stereocenters. The Balaban J connectivity index is 2.61. The maximum absolute atomic E-state index is 11.8. The molecule has 0 radical (unpaired) electrons. The number of aryl methyl sites for hydroxylation is 1. The van der Waals surface area contributed by atoms with Gasteiger partial charge in [-0.2, -0.15) is 0 Å². The van der Waals surface area contributed by atoms with E-state index >= 15 is 0 Å². The summed E-state index contributed by atoms with van der Waals surface area (Å²) >= 11 is 1.19. The van der Waals surface area contributed by atoms with Crippen LogP contribution in [0.25, 0.3) is 0 Å². The van der Waals surface area contributed by atoms with E-state index in [-0.39, 0.29) is 0 Å². The van der Waals surface area contributed by atoms with Crippen molar-refractivity contribution in [2.75, 3.05) is 12.3 Å². The smallest absolute Gasteiger partial charge is 0.261 e. The highest BCUT2D eigenvalue weighted by Gasteiger charge is 2.12. The van der Waals surface area contributed by atoms with E-state index in [1.807, 2.05) is 0 Å². The summed E-state index contributed by atoms with van der Waals surface area (Å²) in [6, 6.07) is 1.49. The topological polar surface area (TPSA) is 55.1 Å². The summed E-state index contributed by atoms with van der Waals surface area (Å²) in [6.07, 6.45) is -2.53. The zero-order valence-corrected chi connectivity index (χ0v) is 8.33. The van der Waals surface area contributed by atoms with Gasteiger partial charge in [0.25, 0.3) is 12.3 Å². The number of hydrogen-bond acceptors (Lipinski definition) is 3. The number of hydrogen-bond donors (Lipinski definition) is 2. The fourth-order valence-corrected chi connectivity index (χ4v) is 1.72. The van der Waals surface area contributed by atoms with Crippen molar-refractivity contribution in [3.63, 3.8) is 0 Å². The molecule has 0 saturated carbocycles. The SMILES string of the molecule is Cc1sc(C(=O)NCC(F)F)cc1N. The molecular formula is C8H10F2N2OS. The van der Waals surface area contributed by atoms with Gasteiger partial charge in [-0.3, -0.25) is 4.79 Å². The predicted octanol–water partition coefficient (Wildman–Crippen LogP) is 1.63. The Morgan fingerprint density at radius 3 is 2.79 bits per heavy atom. The molecule has 0 aromatic carbocycles. The molecule has 0 aliphatic carbocycles. The molecule has 0 aliphatic rings. The normalized spacial score (nSPS) is 10.6. The lowest BCUT2D eigenvalue weighted by Crippen LogP contribution is -2.27. The van der Waals surface area contributed by atoms with E-state index in [0.29, 0.717) is 10.6 Å². The molecule has 1 amide bonds. The fraction of sp³-hybridized carbons (Fsp3) is 0.375. The number of amides is 1. The molecule has 1 rings (SSSR count). The molecule has 14 heavy (non-hydrogen) atoms. The molecule has 6 heteroatoms. The molecule has 3 nitrogen and oxygen atoms in total. The first-order valence-corrected chi connectivity index (χ1v) is 4.74. The van der Waals surface area contributed by atoms with Gasteiger partial charge in [0.1, 0.15) is 0 Å². The van der Waals surface area contributed by atoms with E-state index in [1.165, 1.54) is 17.4 Å². The second kappa shape index (κ2) is 4.36. The Kier molecular flexibility index (Phi) is 3.40. The van der Waals surface area contributed by atoms with Crippen molar-refractivity contribution in [2.45, 2.75) is 13.3 Å². The number of nitrogens with one attached hydrogen (secondary N) is 1. The summed E-state index contributed by atoms with van der Waals surface area (Å²) in [7, 11) is 0. The largest absolute Gasteiger partial charge is 0.398 e. The first kappa shape index (κ1) is 10.9. The van der Waals surface area contributed by atoms with Crippen molar-refractivity contribution in [3.8, 4) is 0 Å². The second-order valence-corrected chi connectivity index (χ2v) is 3.98. The first-order valence-electron chi connectivity index (χ1n) is 3.93. The Morgan fingerprint density at radius 1 is 1.71 bits per heavy atom. The zero-order chi connectivity index (χ0) is 10.7. The van der Waals surface area contributed by atoms with Gasteiger partial charge < -0.3 is 11.1 Å². The highest BCUT2D eigenvalue weighted by molar-refractivity contribution is 7.14. The molecule has 1 heterocycles. The van der Waals surface area contributed by atoms with Gasteiger partial charge in [-0.25, -0.2) is 8.78 Å². The lowest BCUT2D eigenvalue weighted by atomic mass is 10.3. The van der Waals surface area contributed by atoms with Gasteiger partial charge in [-0.15, -0.1) is 11.3 Å². The van der Waals surface area contributed by atoms with Crippen LogP contribution in [0.4, 0.5) is 14.5 Å². The molecule has 0 spiro atoms. The Hall–Kier alpha value is -1.17. The minimum Gasteiger partial charge on any atom is -0.398 e. The van der Waals surface area contributed by atoms with Crippen LogP contribution in [0, 0.1) is 6.92 Å². The van der Waals surface area contributed by atoms with Gasteiger partial charge in [-0.05, 0) is 13.0 Å². The molecule has 78 valence electrons. The number of halogens is 2. The fourth-order valence-electron chi connectivity index (χ4n) is 0.865. The summed E-state index contributed by atoms with van der Waals surface area (Å²) in [4.78, 5) is 12.4. The molecule has 0 unspecified atom stereocenters. The van der Waals surface area contributed by atoms with Crippen molar-refractivity contribution < 1.29 is 13.6 Å². The van der Waals surface area contributed by atoms with Crippen LogP contribution in [0.15, 0.2) is 6.07 Å². The van der Waals surface area contributed by atoms with Gasteiger partial charge in [-0.1, -0.05) is 0 Å². The Bertz CT molecular complexity index is 319. The van der Waals surface area contributed by atoms with E-state index in [1.54, 1.807) is 6.92 Å². The number of alkyl halides is 2. The van der Waals surface area contributed by atoms with Gasteiger partial charge in [0.2, 0.25) is 0 Å². The van der Waals surface area contributed by atoms with Gasteiger partial charge in [0.15, 0.2) is 0 Å².